The van der Waals surface area contributed by atoms with Crippen LogP contribution in [0.25, 0.3) is 0 Å². The molecule has 1 amide bonds. The van der Waals surface area contributed by atoms with Crippen LogP contribution in [0.2, 0.25) is 0 Å². The number of benzene rings is 1. The van der Waals surface area contributed by atoms with E-state index in [0.717, 1.165) is 5.56 Å². The van der Waals surface area contributed by atoms with Crippen LogP contribution < -0.4 is 0 Å². The number of carbonyl (C=O) groups is 2. The molecule has 0 spiro atoms. The number of ether oxygens (including phenoxy) is 1. The monoisotopic (exact) mass is 291 g/mol. The lowest BCUT2D eigenvalue weighted by Crippen LogP contribution is -2.40. The lowest BCUT2D eigenvalue weighted by molar-refractivity contribution is -0.149. The molecule has 0 atom stereocenters. The molecule has 1 aromatic carbocycles. The summed E-state index contributed by atoms with van der Waals surface area (Å²) in [5, 5.41) is 9.40. The van der Waals surface area contributed by atoms with Gasteiger partial charge in [0, 0.05) is 18.7 Å². The first-order valence-corrected chi connectivity index (χ1v) is 7.28. The van der Waals surface area contributed by atoms with Crippen LogP contribution in [0.4, 0.5) is 0 Å². The summed E-state index contributed by atoms with van der Waals surface area (Å²) < 4.78 is 5.02. The lowest BCUT2D eigenvalue weighted by Gasteiger charge is -2.31. The quantitative estimate of drug-likeness (QED) is 0.866. The molecule has 1 fully saturated rings. The smallest absolute Gasteiger partial charge is 0.309 e. The van der Waals surface area contributed by atoms with Crippen molar-refractivity contribution in [2.45, 2.75) is 26.7 Å². The average Bonchev–Trinajstić information content (AvgIpc) is 2.47. The van der Waals surface area contributed by atoms with Gasteiger partial charge in [0.2, 0.25) is 0 Å². The van der Waals surface area contributed by atoms with E-state index in [9.17, 15) is 14.7 Å². The molecule has 5 heteroatoms. The first-order chi connectivity index (χ1) is 10.0. The fourth-order valence-electron chi connectivity index (χ4n) is 2.64. The van der Waals surface area contributed by atoms with E-state index >= 15 is 0 Å². The number of hydrogen-bond acceptors (Lipinski definition) is 4. The van der Waals surface area contributed by atoms with Gasteiger partial charge < -0.3 is 14.7 Å². The Labute approximate surface area is 124 Å². The molecule has 0 saturated carbocycles. The van der Waals surface area contributed by atoms with Crippen molar-refractivity contribution in [3.63, 3.8) is 0 Å². The number of carbonyl (C=O) groups excluding carboxylic acids is 2. The summed E-state index contributed by atoms with van der Waals surface area (Å²) in [5.74, 6) is -0.153. The number of likely N-dealkylation sites (tertiary alicyclic amines) is 1. The zero-order valence-electron chi connectivity index (χ0n) is 12.5. The van der Waals surface area contributed by atoms with Crippen molar-refractivity contribution < 1.29 is 19.4 Å². The van der Waals surface area contributed by atoms with E-state index < -0.39 is 0 Å². The molecular weight excluding hydrogens is 270 g/mol. The van der Waals surface area contributed by atoms with Crippen LogP contribution in [0.3, 0.4) is 0 Å². The standard InChI is InChI=1S/C16H21NO4/c1-3-21-16(20)12-6-8-17(9-7-12)15(19)14-5-4-13(18)10-11(14)2/h4-5,10,12,18H,3,6-9H2,1-2H3. The van der Waals surface area contributed by atoms with Crippen molar-refractivity contribution in [3.8, 4) is 5.75 Å². The number of rotatable bonds is 3. The second-order valence-electron chi connectivity index (χ2n) is 5.32. The number of phenols is 1. The van der Waals surface area contributed by atoms with Crippen LogP contribution in [-0.4, -0.2) is 41.6 Å². The Morgan fingerprint density at radius 1 is 1.33 bits per heavy atom. The molecule has 0 unspecified atom stereocenters. The minimum absolute atomic E-state index is 0.0465. The Morgan fingerprint density at radius 3 is 2.57 bits per heavy atom. The van der Waals surface area contributed by atoms with Crippen molar-refractivity contribution >= 4 is 11.9 Å². The minimum atomic E-state index is -0.162. The highest BCUT2D eigenvalue weighted by Crippen LogP contribution is 2.22. The van der Waals surface area contributed by atoms with Crippen molar-refractivity contribution in [1.29, 1.82) is 0 Å². The fraction of sp³-hybridized carbons (Fsp3) is 0.500. The predicted molar refractivity (Wildman–Crippen MR) is 78.1 cm³/mol. The molecule has 0 radical (unpaired) electrons. The Hall–Kier alpha value is -2.04. The zero-order valence-corrected chi connectivity index (χ0v) is 12.5. The molecule has 1 aromatic rings. The van der Waals surface area contributed by atoms with Crippen LogP contribution in [0, 0.1) is 12.8 Å². The molecule has 114 valence electrons. The van der Waals surface area contributed by atoms with Gasteiger partial charge in [0.15, 0.2) is 0 Å². The number of phenolic OH excluding ortho intramolecular Hbond substituents is 1. The van der Waals surface area contributed by atoms with Gasteiger partial charge in [0.1, 0.15) is 5.75 Å². The largest absolute Gasteiger partial charge is 0.508 e. The molecular formula is C16H21NO4. The summed E-state index contributed by atoms with van der Waals surface area (Å²) in [7, 11) is 0. The predicted octanol–water partition coefficient (Wildman–Crippen LogP) is 2.12. The van der Waals surface area contributed by atoms with Gasteiger partial charge in [0.25, 0.3) is 5.91 Å². The van der Waals surface area contributed by atoms with E-state index in [1.807, 2.05) is 0 Å². The maximum atomic E-state index is 12.5. The zero-order chi connectivity index (χ0) is 15.4. The van der Waals surface area contributed by atoms with Crippen LogP contribution >= 0.6 is 0 Å². The van der Waals surface area contributed by atoms with Crippen molar-refractivity contribution in [3.05, 3.63) is 29.3 Å². The molecule has 5 nitrogen and oxygen atoms in total. The molecule has 1 aliphatic heterocycles. The molecule has 1 N–H and O–H groups in total. The number of nitrogens with zero attached hydrogens (tertiary/aromatic N) is 1. The Bertz CT molecular complexity index is 533. The van der Waals surface area contributed by atoms with E-state index in [0.29, 0.717) is 38.1 Å². The normalized spacial score (nSPS) is 15.8. The summed E-state index contributed by atoms with van der Waals surface area (Å²) in [6.45, 7) is 5.11. The van der Waals surface area contributed by atoms with Crippen molar-refractivity contribution in [1.82, 2.24) is 4.90 Å². The molecule has 21 heavy (non-hydrogen) atoms. The average molecular weight is 291 g/mol. The lowest BCUT2D eigenvalue weighted by atomic mass is 9.96. The van der Waals surface area contributed by atoms with Gasteiger partial charge >= 0.3 is 5.97 Å². The highest BCUT2D eigenvalue weighted by atomic mass is 16.5. The van der Waals surface area contributed by atoms with Gasteiger partial charge in [-0.3, -0.25) is 9.59 Å². The van der Waals surface area contributed by atoms with Gasteiger partial charge in [-0.05, 0) is 50.5 Å². The third-order valence-electron chi connectivity index (χ3n) is 3.84. The second kappa shape index (κ2) is 6.61. The van der Waals surface area contributed by atoms with E-state index in [-0.39, 0.29) is 23.5 Å². The summed E-state index contributed by atoms with van der Waals surface area (Å²) >= 11 is 0. The number of piperidine rings is 1. The summed E-state index contributed by atoms with van der Waals surface area (Å²) in [6.07, 6.45) is 1.28. The van der Waals surface area contributed by atoms with E-state index in [4.69, 9.17) is 4.74 Å². The van der Waals surface area contributed by atoms with Gasteiger partial charge in [-0.2, -0.15) is 0 Å². The van der Waals surface area contributed by atoms with Crippen molar-refractivity contribution in [2.24, 2.45) is 5.92 Å². The Kier molecular flexibility index (Phi) is 4.83. The van der Waals surface area contributed by atoms with Crippen LogP contribution in [0.5, 0.6) is 5.75 Å². The molecule has 0 aliphatic carbocycles. The van der Waals surface area contributed by atoms with Gasteiger partial charge in [-0.25, -0.2) is 0 Å². The summed E-state index contributed by atoms with van der Waals surface area (Å²) in [5.41, 5.74) is 1.36. The van der Waals surface area contributed by atoms with E-state index in [1.54, 1.807) is 30.9 Å². The van der Waals surface area contributed by atoms with Crippen LogP contribution in [0.15, 0.2) is 18.2 Å². The first-order valence-electron chi connectivity index (χ1n) is 7.28. The highest BCUT2D eigenvalue weighted by Gasteiger charge is 2.29. The number of aromatic hydroxyl groups is 1. The van der Waals surface area contributed by atoms with Crippen molar-refractivity contribution in [2.75, 3.05) is 19.7 Å². The maximum Gasteiger partial charge on any atom is 0.309 e. The SMILES string of the molecule is CCOC(=O)C1CCN(C(=O)c2ccc(O)cc2C)CC1. The first kappa shape index (κ1) is 15.4. The van der Waals surface area contributed by atoms with Gasteiger partial charge in [-0.1, -0.05) is 0 Å². The second-order valence-corrected chi connectivity index (χ2v) is 5.32. The summed E-state index contributed by atoms with van der Waals surface area (Å²) in [4.78, 5) is 25.9. The topological polar surface area (TPSA) is 66.8 Å². The third-order valence-corrected chi connectivity index (χ3v) is 3.84. The molecule has 1 saturated heterocycles. The van der Waals surface area contributed by atoms with Gasteiger partial charge in [-0.15, -0.1) is 0 Å². The number of esters is 1. The van der Waals surface area contributed by atoms with Gasteiger partial charge in [0.05, 0.1) is 12.5 Å². The Morgan fingerprint density at radius 2 is 2.00 bits per heavy atom. The van der Waals surface area contributed by atoms with Crippen LogP contribution in [0.1, 0.15) is 35.7 Å². The molecule has 1 heterocycles. The number of hydrogen-bond donors (Lipinski definition) is 1. The summed E-state index contributed by atoms with van der Waals surface area (Å²) in [6, 6.07) is 4.74. The fourth-order valence-corrected chi connectivity index (χ4v) is 2.64. The molecule has 0 aromatic heterocycles. The highest BCUT2D eigenvalue weighted by molar-refractivity contribution is 5.96. The van der Waals surface area contributed by atoms with E-state index in [2.05, 4.69) is 0 Å². The van der Waals surface area contributed by atoms with E-state index in [1.165, 1.54) is 6.07 Å². The Balaban J connectivity index is 1.98. The maximum absolute atomic E-state index is 12.5. The number of amides is 1. The minimum Gasteiger partial charge on any atom is -0.508 e. The molecule has 1 aliphatic rings. The molecule has 2 rings (SSSR count). The molecule has 0 bridgehead atoms. The number of aryl methyl sites for hydroxylation is 1. The third kappa shape index (κ3) is 3.54. The van der Waals surface area contributed by atoms with Crippen LogP contribution in [-0.2, 0) is 9.53 Å².